The Balaban J connectivity index is 1.58. The van der Waals surface area contributed by atoms with Crippen LogP contribution < -0.4 is 4.74 Å². The van der Waals surface area contributed by atoms with Crippen LogP contribution in [-0.2, 0) is 14.2 Å². The van der Waals surface area contributed by atoms with E-state index in [2.05, 4.69) is 0 Å². The minimum absolute atomic E-state index is 0.00682. The lowest BCUT2D eigenvalue weighted by Gasteiger charge is -2.42. The number of carbonyl (C=O) groups excluding carboxylic acids is 1. The molecule has 2 aromatic carbocycles. The van der Waals surface area contributed by atoms with Crippen molar-refractivity contribution in [1.29, 1.82) is 0 Å². The van der Waals surface area contributed by atoms with Gasteiger partial charge >= 0.3 is 0 Å². The van der Waals surface area contributed by atoms with E-state index in [1.807, 2.05) is 0 Å². The molecule has 0 radical (unpaired) electrons. The number of fused-ring (bicyclic) bond motifs is 1. The number of hydrogen-bond donors (Lipinski definition) is 8. The van der Waals surface area contributed by atoms with Crippen LogP contribution in [0.4, 0.5) is 0 Å². The number of phenolic OH excluding ortho intramolecular Hbond substituents is 2. The van der Waals surface area contributed by atoms with Gasteiger partial charge in [0, 0.05) is 5.39 Å². The molecular formula is C25H32O13. The molecule has 13 heteroatoms. The van der Waals surface area contributed by atoms with Crippen molar-refractivity contribution < 1.29 is 64.6 Å². The largest absolute Gasteiger partial charge is 0.507 e. The number of benzene rings is 2. The monoisotopic (exact) mass is 540 g/mol. The van der Waals surface area contributed by atoms with Crippen molar-refractivity contribution in [2.45, 2.75) is 82.2 Å². The molecule has 13 nitrogen and oxygen atoms in total. The van der Waals surface area contributed by atoms with Gasteiger partial charge in [0.05, 0.1) is 23.7 Å². The van der Waals surface area contributed by atoms with Crippen LogP contribution in [0.25, 0.3) is 10.8 Å². The van der Waals surface area contributed by atoms with Gasteiger partial charge in [-0.1, -0.05) is 0 Å². The molecule has 8 N–H and O–H groups in total. The summed E-state index contributed by atoms with van der Waals surface area (Å²) in [5.74, 6) is -1.19. The van der Waals surface area contributed by atoms with Gasteiger partial charge in [-0.2, -0.15) is 0 Å². The van der Waals surface area contributed by atoms with E-state index in [4.69, 9.17) is 18.9 Å². The summed E-state index contributed by atoms with van der Waals surface area (Å²) in [5, 5.41) is 82.7. The van der Waals surface area contributed by atoms with Crippen LogP contribution in [0.2, 0.25) is 0 Å². The third-order valence-electron chi connectivity index (χ3n) is 6.91. The first kappa shape index (κ1) is 28.4. The van der Waals surface area contributed by atoms with Crippen molar-refractivity contribution in [3.63, 3.8) is 0 Å². The summed E-state index contributed by atoms with van der Waals surface area (Å²) in [6.07, 6.45) is -14.9. The average Bonchev–Trinajstić information content (AvgIpc) is 2.86. The number of ether oxygens (including phenoxy) is 4. The molecule has 2 aromatic rings. The lowest BCUT2D eigenvalue weighted by molar-refractivity contribution is -0.318. The normalized spacial score (nSPS) is 35.8. The zero-order chi connectivity index (χ0) is 28.0. The van der Waals surface area contributed by atoms with E-state index < -0.39 is 79.6 Å². The summed E-state index contributed by atoms with van der Waals surface area (Å²) < 4.78 is 22.2. The minimum Gasteiger partial charge on any atom is -0.507 e. The van der Waals surface area contributed by atoms with Gasteiger partial charge in [-0.05, 0) is 44.5 Å². The minimum atomic E-state index is -1.77. The van der Waals surface area contributed by atoms with E-state index in [1.165, 1.54) is 32.0 Å². The highest BCUT2D eigenvalue weighted by Gasteiger charge is 2.47. The van der Waals surface area contributed by atoms with E-state index in [0.717, 1.165) is 0 Å². The number of phenols is 2. The van der Waals surface area contributed by atoms with Crippen molar-refractivity contribution in [3.05, 3.63) is 29.3 Å². The maximum Gasteiger partial charge on any atom is 0.229 e. The molecule has 10 atom stereocenters. The van der Waals surface area contributed by atoms with Crippen LogP contribution in [0, 0.1) is 6.92 Å². The number of ketones is 1. The second-order valence-electron chi connectivity index (χ2n) is 9.63. The molecule has 0 saturated carbocycles. The molecule has 0 aliphatic carbocycles. The highest BCUT2D eigenvalue weighted by molar-refractivity contribution is 6.08. The molecule has 0 spiro atoms. The maximum absolute atomic E-state index is 12.1. The number of rotatable bonds is 6. The van der Waals surface area contributed by atoms with Gasteiger partial charge in [0.1, 0.15) is 60.0 Å². The van der Waals surface area contributed by atoms with Gasteiger partial charge in [-0.25, -0.2) is 0 Å². The number of carbonyl (C=O) groups is 1. The van der Waals surface area contributed by atoms with Gasteiger partial charge in [-0.15, -0.1) is 0 Å². The predicted molar refractivity (Wildman–Crippen MR) is 128 cm³/mol. The van der Waals surface area contributed by atoms with Gasteiger partial charge in [0.25, 0.3) is 0 Å². The van der Waals surface area contributed by atoms with Crippen LogP contribution >= 0.6 is 0 Å². The lowest BCUT2D eigenvalue weighted by Crippen LogP contribution is -2.61. The van der Waals surface area contributed by atoms with Crippen LogP contribution in [0.3, 0.4) is 0 Å². The molecule has 0 amide bonds. The third kappa shape index (κ3) is 5.04. The molecule has 10 unspecified atom stereocenters. The van der Waals surface area contributed by atoms with Crippen LogP contribution in [0.5, 0.6) is 17.2 Å². The maximum atomic E-state index is 12.1. The smallest absolute Gasteiger partial charge is 0.229 e. The Morgan fingerprint density at radius 3 is 2.18 bits per heavy atom. The van der Waals surface area contributed by atoms with Crippen molar-refractivity contribution >= 4 is 16.6 Å². The van der Waals surface area contributed by atoms with Gasteiger partial charge in [0.15, 0.2) is 12.1 Å². The SMILES string of the molecule is CC(=O)c1c(C)cc2c(O)ccc(OC3OC(COC4OC(C)C(O)C(O)C4O)C(O)C(O)C3O)c2c1O. The fraction of sp³-hybridized carbons (Fsp3) is 0.560. The molecule has 0 aromatic heterocycles. The van der Waals surface area contributed by atoms with Crippen LogP contribution in [0.1, 0.15) is 29.8 Å². The fourth-order valence-electron chi connectivity index (χ4n) is 4.74. The summed E-state index contributed by atoms with van der Waals surface area (Å²) in [4.78, 5) is 12.1. The Hall–Kier alpha value is -2.59. The molecular weight excluding hydrogens is 508 g/mol. The molecule has 210 valence electrons. The Morgan fingerprint density at radius 1 is 0.895 bits per heavy atom. The Labute approximate surface area is 217 Å². The third-order valence-corrected chi connectivity index (χ3v) is 6.91. The molecule has 2 saturated heterocycles. The first-order chi connectivity index (χ1) is 17.8. The molecule has 2 fully saturated rings. The predicted octanol–water partition coefficient (Wildman–Crippen LogP) is -1.21. The van der Waals surface area contributed by atoms with Crippen molar-refractivity contribution in [2.24, 2.45) is 0 Å². The number of aromatic hydroxyl groups is 2. The summed E-state index contributed by atoms with van der Waals surface area (Å²) in [6, 6.07) is 4.03. The average molecular weight is 541 g/mol. The van der Waals surface area contributed by atoms with E-state index in [9.17, 15) is 45.6 Å². The highest BCUT2D eigenvalue weighted by atomic mass is 16.7. The summed E-state index contributed by atoms with van der Waals surface area (Å²) in [6.45, 7) is 3.83. The van der Waals surface area contributed by atoms with Crippen LogP contribution in [-0.4, -0.2) is 115 Å². The van der Waals surface area contributed by atoms with E-state index in [1.54, 1.807) is 6.92 Å². The second kappa shape index (κ2) is 10.9. The fourth-order valence-corrected chi connectivity index (χ4v) is 4.74. The molecule has 0 bridgehead atoms. The van der Waals surface area contributed by atoms with Gasteiger partial charge < -0.3 is 59.8 Å². The molecule has 2 aliphatic rings. The molecule has 2 heterocycles. The van der Waals surface area contributed by atoms with Gasteiger partial charge in [0.2, 0.25) is 6.29 Å². The lowest BCUT2D eigenvalue weighted by atomic mass is 9.96. The quantitative estimate of drug-likeness (QED) is 0.202. The van der Waals surface area contributed by atoms with E-state index in [-0.39, 0.29) is 27.8 Å². The van der Waals surface area contributed by atoms with Crippen molar-refractivity contribution in [2.75, 3.05) is 6.61 Å². The Morgan fingerprint density at radius 2 is 1.53 bits per heavy atom. The van der Waals surface area contributed by atoms with E-state index in [0.29, 0.717) is 5.56 Å². The first-order valence-corrected chi connectivity index (χ1v) is 12.0. The number of aliphatic hydroxyl groups excluding tert-OH is 6. The number of Topliss-reactive ketones (excluding diaryl/α,β-unsaturated/α-hetero) is 1. The zero-order valence-corrected chi connectivity index (χ0v) is 20.8. The van der Waals surface area contributed by atoms with Crippen LogP contribution in [0.15, 0.2) is 18.2 Å². The molecule has 38 heavy (non-hydrogen) atoms. The number of aryl methyl sites for hydroxylation is 1. The molecule has 2 aliphatic heterocycles. The summed E-state index contributed by atoms with van der Waals surface area (Å²) in [7, 11) is 0. The summed E-state index contributed by atoms with van der Waals surface area (Å²) in [5.41, 5.74) is 0.422. The topological polar surface area (TPSA) is 216 Å². The summed E-state index contributed by atoms with van der Waals surface area (Å²) >= 11 is 0. The second-order valence-corrected chi connectivity index (χ2v) is 9.63. The molecule has 4 rings (SSSR count). The Bertz CT molecular complexity index is 1190. The van der Waals surface area contributed by atoms with Crippen molar-refractivity contribution in [3.8, 4) is 17.2 Å². The first-order valence-electron chi connectivity index (χ1n) is 12.0. The van der Waals surface area contributed by atoms with E-state index >= 15 is 0 Å². The number of hydrogen-bond acceptors (Lipinski definition) is 13. The van der Waals surface area contributed by atoms with Gasteiger partial charge in [-0.3, -0.25) is 4.79 Å². The Kier molecular flexibility index (Phi) is 8.14. The standard InChI is InChI=1S/C25H32O13/c1-8-6-11-12(27)4-5-13(16(11)19(30)15(8)9(2)26)37-25-23(34)21(32)18(29)14(38-25)7-35-24-22(33)20(31)17(28)10(3)36-24/h4-6,10,14,17-18,20-25,27-34H,7H2,1-3H3. The highest BCUT2D eigenvalue weighted by Crippen LogP contribution is 2.43. The number of aliphatic hydroxyl groups is 6. The van der Waals surface area contributed by atoms with Crippen molar-refractivity contribution in [1.82, 2.24) is 0 Å². The zero-order valence-electron chi connectivity index (χ0n) is 20.8.